The van der Waals surface area contributed by atoms with Gasteiger partial charge >= 0.3 is 11.9 Å². The van der Waals surface area contributed by atoms with Gasteiger partial charge in [0.15, 0.2) is 0 Å². The zero-order chi connectivity index (χ0) is 44.7. The highest BCUT2D eigenvalue weighted by Crippen LogP contribution is 2.29. The van der Waals surface area contributed by atoms with Gasteiger partial charge in [0.25, 0.3) is 20.2 Å². The van der Waals surface area contributed by atoms with Gasteiger partial charge in [-0.15, -0.1) is 0 Å². The summed E-state index contributed by atoms with van der Waals surface area (Å²) in [5.41, 5.74) is -1.03. The summed E-state index contributed by atoms with van der Waals surface area (Å²) in [5, 5.41) is 0. The first-order valence-electron chi connectivity index (χ1n) is 20.4. The molecule has 0 saturated heterocycles. The van der Waals surface area contributed by atoms with E-state index in [0.717, 1.165) is 11.1 Å². The van der Waals surface area contributed by atoms with Gasteiger partial charge in [-0.3, -0.25) is 27.5 Å². The van der Waals surface area contributed by atoms with Crippen LogP contribution in [0.1, 0.15) is 125 Å². The minimum atomic E-state index is -4.11. The van der Waals surface area contributed by atoms with Gasteiger partial charge < -0.3 is 9.47 Å². The number of hydrogen-bond acceptors (Lipinski definition) is 12. The molecule has 12 nitrogen and oxygen atoms in total. The molecule has 0 unspecified atom stereocenters. The van der Waals surface area contributed by atoms with Crippen LogP contribution in [0.4, 0.5) is 0 Å². The monoisotopic (exact) mass is 864 g/mol. The van der Waals surface area contributed by atoms with Crippen molar-refractivity contribution in [1.29, 1.82) is 0 Å². The molecule has 0 aliphatic heterocycles. The van der Waals surface area contributed by atoms with Gasteiger partial charge in [0.05, 0.1) is 37.6 Å². The number of ether oxygens (including phenoxy) is 2. The SMILES string of the molecule is CC(C)(CCC(=O)[C@@H](CC(=O)OC(C)(C)C)Cc1ccccc1)COS(=O)(=O)CCCS(=O)(=O)OCC(C)(C)CCC(=O)[C@@H](CC(=O)OC(C)(C)C)Cc1ccccc1. The lowest BCUT2D eigenvalue weighted by molar-refractivity contribution is -0.158. The molecular formula is C45H68O12S2. The Bertz CT molecular complexity index is 1740. The molecule has 0 radical (unpaired) electrons. The van der Waals surface area contributed by atoms with Crippen LogP contribution in [0, 0.1) is 22.7 Å². The average Bonchev–Trinajstić information content (AvgIpc) is 3.10. The summed E-state index contributed by atoms with van der Waals surface area (Å²) in [6.45, 7) is 17.2. The number of hydrogen-bond donors (Lipinski definition) is 0. The first-order chi connectivity index (χ1) is 27.0. The number of esters is 2. The Kier molecular flexibility index (Phi) is 19.6. The number of benzene rings is 2. The Morgan fingerprint density at radius 2 is 0.847 bits per heavy atom. The fourth-order valence-corrected chi connectivity index (χ4v) is 8.48. The summed E-state index contributed by atoms with van der Waals surface area (Å²) in [6, 6.07) is 18.8. The van der Waals surface area contributed by atoms with E-state index in [9.17, 15) is 36.0 Å². The average molecular weight is 865 g/mol. The van der Waals surface area contributed by atoms with Gasteiger partial charge in [-0.2, -0.15) is 16.8 Å². The molecule has 2 aromatic rings. The molecule has 0 aliphatic rings. The van der Waals surface area contributed by atoms with Gasteiger partial charge in [0.2, 0.25) is 0 Å². The highest BCUT2D eigenvalue weighted by atomic mass is 32.2. The Labute approximate surface area is 353 Å². The summed E-state index contributed by atoms with van der Waals surface area (Å²) >= 11 is 0. The first-order valence-corrected chi connectivity index (χ1v) is 23.5. The quantitative estimate of drug-likeness (QED) is 0.0660. The van der Waals surface area contributed by atoms with Crippen molar-refractivity contribution in [1.82, 2.24) is 0 Å². The van der Waals surface area contributed by atoms with Gasteiger partial charge in [-0.25, -0.2) is 0 Å². The molecule has 0 aromatic heterocycles. The zero-order valence-corrected chi connectivity index (χ0v) is 38.5. The summed E-state index contributed by atoms with van der Waals surface area (Å²) in [5.74, 6) is -3.55. The minimum absolute atomic E-state index is 0.0763. The van der Waals surface area contributed by atoms with E-state index in [2.05, 4.69) is 0 Å². The molecule has 332 valence electrons. The maximum absolute atomic E-state index is 13.4. The van der Waals surface area contributed by atoms with E-state index in [1.54, 1.807) is 69.2 Å². The lowest BCUT2D eigenvalue weighted by atomic mass is 9.83. The van der Waals surface area contributed by atoms with Gasteiger partial charge in [-0.05, 0) is 95.6 Å². The predicted molar refractivity (Wildman–Crippen MR) is 228 cm³/mol. The molecule has 0 fully saturated rings. The summed E-state index contributed by atoms with van der Waals surface area (Å²) in [7, 11) is -8.23. The first kappa shape index (κ1) is 51.7. The second kappa shape index (κ2) is 22.4. The van der Waals surface area contributed by atoms with Crippen LogP contribution in [0.3, 0.4) is 0 Å². The largest absolute Gasteiger partial charge is 0.460 e. The number of carbonyl (C=O) groups is 4. The van der Waals surface area contributed by atoms with Crippen LogP contribution in [0.2, 0.25) is 0 Å². The molecule has 2 aromatic carbocycles. The molecule has 14 heteroatoms. The van der Waals surface area contributed by atoms with Gasteiger partial charge in [0.1, 0.15) is 22.8 Å². The van der Waals surface area contributed by atoms with Crippen molar-refractivity contribution in [3.63, 3.8) is 0 Å². The second-order valence-electron chi connectivity index (χ2n) is 19.0. The molecule has 2 atom stereocenters. The maximum Gasteiger partial charge on any atom is 0.307 e. The van der Waals surface area contributed by atoms with Gasteiger partial charge in [-0.1, -0.05) is 88.4 Å². The van der Waals surface area contributed by atoms with Crippen molar-refractivity contribution in [2.75, 3.05) is 24.7 Å². The molecule has 0 saturated carbocycles. The molecule has 0 bridgehead atoms. The molecule has 0 heterocycles. The molecule has 2 rings (SSSR count). The van der Waals surface area contributed by atoms with E-state index in [-0.39, 0.29) is 56.9 Å². The molecular weight excluding hydrogens is 797 g/mol. The van der Waals surface area contributed by atoms with Crippen LogP contribution in [0.15, 0.2) is 60.7 Å². The van der Waals surface area contributed by atoms with E-state index in [1.165, 1.54) is 0 Å². The lowest BCUT2D eigenvalue weighted by Crippen LogP contribution is -2.30. The molecule has 0 spiro atoms. The number of carbonyl (C=O) groups excluding carboxylic acids is 4. The molecule has 59 heavy (non-hydrogen) atoms. The highest BCUT2D eigenvalue weighted by Gasteiger charge is 2.31. The summed E-state index contributed by atoms with van der Waals surface area (Å²) in [4.78, 5) is 52.1. The normalized spacial score (nSPS) is 14.0. The van der Waals surface area contributed by atoms with Crippen molar-refractivity contribution in [2.24, 2.45) is 22.7 Å². The van der Waals surface area contributed by atoms with Crippen molar-refractivity contribution in [3.8, 4) is 0 Å². The standard InChI is InChI=1S/C45H68O12S2/c1-42(2,3)56-40(48)30-36(28-34-18-13-11-14-19-34)38(46)22-24-44(7,8)32-54-58(50,51)26-17-27-59(52,53)55-33-45(9,10)25-23-39(47)37(29-35-20-15-12-16-21-35)31-41(49)57-43(4,5)6/h11-16,18-21,36-37H,17,22-33H2,1-10H3/t36-,37-/m1/s1. The van der Waals surface area contributed by atoms with Crippen LogP contribution in [-0.2, 0) is 70.1 Å². The Morgan fingerprint density at radius 3 is 1.15 bits per heavy atom. The van der Waals surface area contributed by atoms with Crippen LogP contribution in [0.25, 0.3) is 0 Å². The predicted octanol–water partition coefficient (Wildman–Crippen LogP) is 8.00. The van der Waals surface area contributed by atoms with Crippen LogP contribution in [0.5, 0.6) is 0 Å². The third-order valence-electron chi connectivity index (χ3n) is 9.37. The number of rotatable bonds is 26. The Balaban J connectivity index is 1.87. The maximum atomic E-state index is 13.4. The fourth-order valence-electron chi connectivity index (χ4n) is 6.07. The van der Waals surface area contributed by atoms with E-state index in [1.807, 2.05) is 60.7 Å². The minimum Gasteiger partial charge on any atom is -0.460 e. The summed E-state index contributed by atoms with van der Waals surface area (Å²) in [6.07, 6.45) is 1.08. The number of ketones is 2. The van der Waals surface area contributed by atoms with Crippen LogP contribution >= 0.6 is 0 Å². The van der Waals surface area contributed by atoms with E-state index in [4.69, 9.17) is 17.8 Å². The third kappa shape index (κ3) is 23.2. The molecule has 0 aliphatic carbocycles. The van der Waals surface area contributed by atoms with Gasteiger partial charge in [0, 0.05) is 24.7 Å². The topological polar surface area (TPSA) is 173 Å². The van der Waals surface area contributed by atoms with E-state index >= 15 is 0 Å². The van der Waals surface area contributed by atoms with Crippen LogP contribution < -0.4 is 0 Å². The Hall–Kier alpha value is -3.46. The third-order valence-corrected chi connectivity index (χ3v) is 11.9. The van der Waals surface area contributed by atoms with Crippen molar-refractivity contribution >= 4 is 43.7 Å². The fraction of sp³-hybridized carbons (Fsp3) is 0.644. The van der Waals surface area contributed by atoms with Crippen molar-refractivity contribution in [3.05, 3.63) is 71.8 Å². The smallest absolute Gasteiger partial charge is 0.307 e. The highest BCUT2D eigenvalue weighted by molar-refractivity contribution is 7.87. The second-order valence-corrected chi connectivity index (χ2v) is 22.5. The number of Topliss-reactive ketones (excluding diaryl/α,β-unsaturated/α-hetero) is 2. The van der Waals surface area contributed by atoms with E-state index < -0.39 is 77.5 Å². The molecule has 0 amide bonds. The summed E-state index contributed by atoms with van der Waals surface area (Å²) < 4.78 is 72.6. The lowest BCUT2D eigenvalue weighted by Gasteiger charge is -2.26. The molecule has 0 N–H and O–H groups in total. The zero-order valence-electron chi connectivity index (χ0n) is 36.8. The van der Waals surface area contributed by atoms with Crippen molar-refractivity contribution < 1.29 is 53.9 Å². The Morgan fingerprint density at radius 1 is 0.525 bits per heavy atom. The van der Waals surface area contributed by atoms with E-state index in [0.29, 0.717) is 25.7 Å². The van der Waals surface area contributed by atoms with Crippen LogP contribution in [-0.4, -0.2) is 76.3 Å². The van der Waals surface area contributed by atoms with Crippen molar-refractivity contribution in [2.45, 2.75) is 138 Å².